The van der Waals surface area contributed by atoms with Crippen molar-refractivity contribution in [3.63, 3.8) is 0 Å². The fraction of sp³-hybridized carbons (Fsp3) is 0.464. The van der Waals surface area contributed by atoms with Crippen LogP contribution in [0.1, 0.15) is 85.0 Å². The van der Waals surface area contributed by atoms with Gasteiger partial charge in [0.2, 0.25) is 0 Å². The lowest BCUT2D eigenvalue weighted by atomic mass is 9.75. The molecule has 0 spiro atoms. The van der Waals surface area contributed by atoms with E-state index in [0.29, 0.717) is 34.7 Å². The van der Waals surface area contributed by atoms with E-state index in [4.69, 9.17) is 0 Å². The number of alkyl halides is 3. The van der Waals surface area contributed by atoms with Crippen molar-refractivity contribution in [1.82, 2.24) is 10.3 Å². The number of carbonyl (C=O) groups is 1. The number of nitriles is 1. The van der Waals surface area contributed by atoms with Crippen LogP contribution < -0.4 is 5.32 Å². The number of allylic oxidation sites excluding steroid dienone is 2. The van der Waals surface area contributed by atoms with Crippen LogP contribution in [0.15, 0.2) is 36.5 Å². The highest BCUT2D eigenvalue weighted by Gasteiger charge is 2.64. The maximum absolute atomic E-state index is 14.3. The van der Waals surface area contributed by atoms with Crippen LogP contribution in [0, 0.1) is 29.0 Å². The number of amides is 1. The van der Waals surface area contributed by atoms with Gasteiger partial charge >= 0.3 is 6.18 Å². The summed E-state index contributed by atoms with van der Waals surface area (Å²) < 4.78 is 54.0. The van der Waals surface area contributed by atoms with Gasteiger partial charge in [-0.05, 0) is 78.0 Å². The molecule has 3 aliphatic rings. The van der Waals surface area contributed by atoms with Gasteiger partial charge in [0.15, 0.2) is 0 Å². The summed E-state index contributed by atoms with van der Waals surface area (Å²) in [5.74, 6) is -0.418. The lowest BCUT2D eigenvalue weighted by Crippen LogP contribution is -2.47. The first-order valence-electron chi connectivity index (χ1n) is 12.4. The number of hydrogen-bond acceptors (Lipinski definition) is 3. The summed E-state index contributed by atoms with van der Waals surface area (Å²) in [6.45, 7) is 2.13. The van der Waals surface area contributed by atoms with Crippen LogP contribution in [0.5, 0.6) is 0 Å². The van der Waals surface area contributed by atoms with Crippen molar-refractivity contribution in [3.8, 4) is 6.07 Å². The van der Waals surface area contributed by atoms with Gasteiger partial charge in [-0.1, -0.05) is 38.7 Å². The number of hydrogen-bond donors (Lipinski definition) is 1. The van der Waals surface area contributed by atoms with Gasteiger partial charge in [-0.3, -0.25) is 9.78 Å². The minimum atomic E-state index is -4.50. The Bertz CT molecular complexity index is 1250. The summed E-state index contributed by atoms with van der Waals surface area (Å²) in [5.41, 5.74) is 0.894. The van der Waals surface area contributed by atoms with Crippen LogP contribution in [0.3, 0.4) is 0 Å². The molecule has 8 heteroatoms. The van der Waals surface area contributed by atoms with Crippen LogP contribution in [-0.2, 0) is 0 Å². The molecular formula is C28H27F4N3O. The fourth-order valence-electron chi connectivity index (χ4n) is 5.97. The molecule has 1 heterocycles. The summed E-state index contributed by atoms with van der Waals surface area (Å²) in [5, 5.41) is 12.3. The van der Waals surface area contributed by atoms with E-state index in [1.165, 1.54) is 24.4 Å². The second-order valence-corrected chi connectivity index (χ2v) is 10.4. The SMILES string of the molecule is CC1c2ccc(F)cc2C(C#N)=C(c2ccc(C(=O)NC3(C(F)(F)F)CC3)cn2)CC1C1CCCC1. The van der Waals surface area contributed by atoms with Crippen molar-refractivity contribution in [1.29, 1.82) is 5.26 Å². The molecule has 1 aromatic carbocycles. The molecule has 1 aromatic heterocycles. The molecule has 0 radical (unpaired) electrons. The third kappa shape index (κ3) is 4.29. The molecule has 2 aromatic rings. The predicted molar refractivity (Wildman–Crippen MR) is 127 cm³/mol. The number of fused-ring (bicyclic) bond motifs is 1. The monoisotopic (exact) mass is 497 g/mol. The van der Waals surface area contributed by atoms with E-state index in [2.05, 4.69) is 23.3 Å². The topological polar surface area (TPSA) is 65.8 Å². The summed E-state index contributed by atoms with van der Waals surface area (Å²) in [4.78, 5) is 16.9. The molecule has 2 unspecified atom stereocenters. The number of carbonyl (C=O) groups excluding carboxylic acids is 1. The van der Waals surface area contributed by atoms with Crippen LogP contribution in [0.25, 0.3) is 11.1 Å². The molecule has 1 amide bonds. The molecule has 2 fully saturated rings. The Kier molecular flexibility index (Phi) is 6.14. The molecule has 2 saturated carbocycles. The number of benzene rings is 1. The van der Waals surface area contributed by atoms with Gasteiger partial charge in [0, 0.05) is 6.20 Å². The van der Waals surface area contributed by atoms with Gasteiger partial charge in [-0.2, -0.15) is 18.4 Å². The molecule has 188 valence electrons. The van der Waals surface area contributed by atoms with Crippen LogP contribution >= 0.6 is 0 Å². The molecule has 1 N–H and O–H groups in total. The van der Waals surface area contributed by atoms with E-state index >= 15 is 0 Å². The lowest BCUT2D eigenvalue weighted by Gasteiger charge is -2.29. The Morgan fingerprint density at radius 2 is 1.89 bits per heavy atom. The zero-order valence-corrected chi connectivity index (χ0v) is 20.0. The molecule has 36 heavy (non-hydrogen) atoms. The number of pyridine rings is 1. The van der Waals surface area contributed by atoms with Crippen molar-refractivity contribution in [2.45, 2.75) is 69.5 Å². The highest BCUT2D eigenvalue weighted by molar-refractivity contribution is 5.99. The van der Waals surface area contributed by atoms with Crippen LogP contribution in [0.2, 0.25) is 0 Å². The number of aromatic nitrogens is 1. The average Bonchev–Trinajstić information content (AvgIpc) is 3.47. The van der Waals surface area contributed by atoms with Crippen molar-refractivity contribution < 1.29 is 22.4 Å². The van der Waals surface area contributed by atoms with Crippen molar-refractivity contribution in [3.05, 3.63) is 64.7 Å². The van der Waals surface area contributed by atoms with Crippen molar-refractivity contribution >= 4 is 17.1 Å². The van der Waals surface area contributed by atoms with E-state index in [9.17, 15) is 27.6 Å². The maximum atomic E-state index is 14.3. The molecule has 2 atom stereocenters. The number of nitrogens with zero attached hydrogens (tertiary/aromatic N) is 2. The molecule has 0 bridgehead atoms. The molecule has 0 saturated heterocycles. The first-order valence-corrected chi connectivity index (χ1v) is 12.4. The minimum absolute atomic E-state index is 0.0224. The Labute approximate surface area is 207 Å². The van der Waals surface area contributed by atoms with E-state index in [0.717, 1.165) is 31.2 Å². The summed E-state index contributed by atoms with van der Waals surface area (Å²) in [7, 11) is 0. The largest absolute Gasteiger partial charge is 0.411 e. The second kappa shape index (κ2) is 9.02. The van der Waals surface area contributed by atoms with Crippen molar-refractivity contribution in [2.75, 3.05) is 0 Å². The first-order chi connectivity index (χ1) is 17.1. The Hall–Kier alpha value is -3.21. The third-order valence-electron chi connectivity index (χ3n) is 8.26. The maximum Gasteiger partial charge on any atom is 0.411 e. The predicted octanol–water partition coefficient (Wildman–Crippen LogP) is 6.79. The zero-order chi connectivity index (χ0) is 25.7. The summed E-state index contributed by atoms with van der Waals surface area (Å²) in [6, 6.07) is 9.89. The van der Waals surface area contributed by atoms with E-state index in [1.54, 1.807) is 12.1 Å². The smallest absolute Gasteiger partial charge is 0.338 e. The molecule has 3 aliphatic carbocycles. The van der Waals surface area contributed by atoms with Gasteiger partial charge in [0.05, 0.1) is 16.8 Å². The van der Waals surface area contributed by atoms with Crippen LogP contribution in [0.4, 0.5) is 17.6 Å². The average molecular weight is 498 g/mol. The number of nitrogens with one attached hydrogen (secondary N) is 1. The summed E-state index contributed by atoms with van der Waals surface area (Å²) in [6.07, 6.45) is 1.60. The number of rotatable bonds is 4. The van der Waals surface area contributed by atoms with Crippen molar-refractivity contribution in [2.24, 2.45) is 11.8 Å². The van der Waals surface area contributed by atoms with Gasteiger partial charge in [0.1, 0.15) is 17.4 Å². The van der Waals surface area contributed by atoms with E-state index < -0.39 is 23.4 Å². The lowest BCUT2D eigenvalue weighted by molar-refractivity contribution is -0.163. The fourth-order valence-corrected chi connectivity index (χ4v) is 5.97. The molecule has 4 nitrogen and oxygen atoms in total. The van der Waals surface area contributed by atoms with Gasteiger partial charge in [0.25, 0.3) is 5.91 Å². The molecular weight excluding hydrogens is 470 g/mol. The second-order valence-electron chi connectivity index (χ2n) is 10.4. The van der Waals surface area contributed by atoms with Gasteiger partial charge in [-0.25, -0.2) is 4.39 Å². The zero-order valence-electron chi connectivity index (χ0n) is 20.0. The van der Waals surface area contributed by atoms with Gasteiger partial charge < -0.3 is 5.32 Å². The third-order valence-corrected chi connectivity index (χ3v) is 8.26. The quantitative estimate of drug-likeness (QED) is 0.473. The highest BCUT2D eigenvalue weighted by atomic mass is 19.4. The highest BCUT2D eigenvalue weighted by Crippen LogP contribution is 2.50. The Morgan fingerprint density at radius 3 is 2.47 bits per heavy atom. The Balaban J connectivity index is 1.51. The van der Waals surface area contributed by atoms with Crippen LogP contribution in [-0.4, -0.2) is 22.6 Å². The Morgan fingerprint density at radius 1 is 1.17 bits per heavy atom. The van der Waals surface area contributed by atoms with E-state index in [-0.39, 0.29) is 30.2 Å². The summed E-state index contributed by atoms with van der Waals surface area (Å²) >= 11 is 0. The first kappa shape index (κ1) is 24.5. The number of halogens is 4. The van der Waals surface area contributed by atoms with E-state index in [1.807, 2.05) is 0 Å². The van der Waals surface area contributed by atoms with Gasteiger partial charge in [-0.15, -0.1) is 0 Å². The molecule has 5 rings (SSSR count). The standard InChI is InChI=1S/C28H27F4N3O/c1-16-20-8-7-19(29)12-22(20)24(14-33)23(13-21(16)17-4-2-3-5-17)25-9-6-18(15-34-25)26(36)35-27(10-11-27)28(30,31)32/h6-9,12,15-17,21H,2-5,10-11,13H2,1H3,(H,35,36). The molecule has 0 aliphatic heterocycles. The normalized spacial score (nSPS) is 23.6. The minimum Gasteiger partial charge on any atom is -0.338 e.